The average molecular weight is 245 g/mol. The van der Waals surface area contributed by atoms with Crippen molar-refractivity contribution in [3.05, 3.63) is 34.4 Å². The molecule has 0 unspecified atom stereocenters. The molecule has 1 aliphatic carbocycles. The number of hydrogen-bond acceptors (Lipinski definition) is 1. The summed E-state index contributed by atoms with van der Waals surface area (Å²) in [5, 5.41) is 0. The molecule has 0 heterocycles. The Labute approximate surface area is 112 Å². The van der Waals surface area contributed by atoms with Gasteiger partial charge in [-0.15, -0.1) is 0 Å². The van der Waals surface area contributed by atoms with Crippen LogP contribution in [0.3, 0.4) is 0 Å². The molecule has 1 aromatic carbocycles. The zero-order valence-corrected chi connectivity index (χ0v) is 12.2. The van der Waals surface area contributed by atoms with E-state index in [-0.39, 0.29) is 0 Å². The zero-order chi connectivity index (χ0) is 13.2. The molecule has 0 aliphatic heterocycles. The minimum atomic E-state index is 0.378. The van der Waals surface area contributed by atoms with Crippen molar-refractivity contribution in [3.8, 4) is 0 Å². The van der Waals surface area contributed by atoms with E-state index >= 15 is 0 Å². The Balaban J connectivity index is 2.27. The first-order valence-corrected chi connectivity index (χ1v) is 7.33. The third kappa shape index (κ3) is 2.77. The fraction of sp³-hybridized carbons (Fsp3) is 0.647. The topological polar surface area (TPSA) is 26.0 Å². The van der Waals surface area contributed by atoms with Gasteiger partial charge in [0.25, 0.3) is 0 Å². The summed E-state index contributed by atoms with van der Waals surface area (Å²) < 4.78 is 0. The summed E-state index contributed by atoms with van der Waals surface area (Å²) in [5.41, 5.74) is 12.3. The number of nitrogens with two attached hydrogens (primary N) is 1. The standard InChI is InChI=1S/C17H27N/c1-13-9-14(2)16(15(3)10-13)11-17(12-18)7-5-4-6-8-17/h9-10H,4-8,11-12,18H2,1-3H3. The maximum atomic E-state index is 6.12. The molecule has 1 heteroatoms. The maximum absolute atomic E-state index is 6.12. The Morgan fingerprint density at radius 3 is 2.06 bits per heavy atom. The molecule has 2 N–H and O–H groups in total. The summed E-state index contributed by atoms with van der Waals surface area (Å²) in [4.78, 5) is 0. The fourth-order valence-corrected chi connectivity index (χ4v) is 3.62. The molecule has 18 heavy (non-hydrogen) atoms. The van der Waals surface area contributed by atoms with Gasteiger partial charge in [-0.25, -0.2) is 0 Å². The van der Waals surface area contributed by atoms with E-state index in [9.17, 15) is 0 Å². The van der Waals surface area contributed by atoms with E-state index in [1.165, 1.54) is 55.2 Å². The van der Waals surface area contributed by atoms with Gasteiger partial charge in [0.15, 0.2) is 0 Å². The van der Waals surface area contributed by atoms with Crippen LogP contribution in [-0.2, 0) is 6.42 Å². The van der Waals surface area contributed by atoms with Crippen molar-refractivity contribution in [2.24, 2.45) is 11.1 Å². The number of rotatable bonds is 3. The zero-order valence-electron chi connectivity index (χ0n) is 12.2. The molecule has 0 saturated heterocycles. The lowest BCUT2D eigenvalue weighted by Gasteiger charge is -2.37. The monoisotopic (exact) mass is 245 g/mol. The molecule has 0 bridgehead atoms. The predicted octanol–water partition coefficient (Wildman–Crippen LogP) is 4.06. The fourth-order valence-electron chi connectivity index (χ4n) is 3.62. The van der Waals surface area contributed by atoms with E-state index in [1.54, 1.807) is 5.56 Å². The smallest absolute Gasteiger partial charge is 0.00173 e. The number of aryl methyl sites for hydroxylation is 3. The second kappa shape index (κ2) is 5.44. The van der Waals surface area contributed by atoms with Gasteiger partial charge in [-0.05, 0) is 68.7 Å². The van der Waals surface area contributed by atoms with Crippen LogP contribution < -0.4 is 5.73 Å². The number of hydrogen-bond donors (Lipinski definition) is 1. The summed E-state index contributed by atoms with van der Waals surface area (Å²) in [6, 6.07) is 4.63. The van der Waals surface area contributed by atoms with Crippen molar-refractivity contribution < 1.29 is 0 Å². The molecule has 0 atom stereocenters. The first-order chi connectivity index (χ1) is 8.56. The van der Waals surface area contributed by atoms with Crippen LogP contribution >= 0.6 is 0 Å². The molecule has 0 spiro atoms. The Kier molecular flexibility index (Phi) is 4.11. The van der Waals surface area contributed by atoms with Crippen molar-refractivity contribution in [2.75, 3.05) is 6.54 Å². The SMILES string of the molecule is Cc1cc(C)c(CC2(CN)CCCCC2)c(C)c1. The second-order valence-electron chi connectivity index (χ2n) is 6.32. The van der Waals surface area contributed by atoms with Crippen molar-refractivity contribution in [2.45, 2.75) is 59.3 Å². The molecule has 100 valence electrons. The predicted molar refractivity (Wildman–Crippen MR) is 78.9 cm³/mol. The molecule has 1 aromatic rings. The summed E-state index contributed by atoms with van der Waals surface area (Å²) in [5.74, 6) is 0. The lowest BCUT2D eigenvalue weighted by atomic mass is 9.69. The van der Waals surface area contributed by atoms with E-state index in [0.29, 0.717) is 5.41 Å². The van der Waals surface area contributed by atoms with Gasteiger partial charge in [0, 0.05) is 0 Å². The van der Waals surface area contributed by atoms with Crippen LogP contribution in [0.25, 0.3) is 0 Å². The Morgan fingerprint density at radius 1 is 1.00 bits per heavy atom. The van der Waals surface area contributed by atoms with Gasteiger partial charge in [-0.2, -0.15) is 0 Å². The quantitative estimate of drug-likeness (QED) is 0.853. The lowest BCUT2D eigenvalue weighted by Crippen LogP contribution is -2.35. The molecule has 0 radical (unpaired) electrons. The van der Waals surface area contributed by atoms with Gasteiger partial charge >= 0.3 is 0 Å². The van der Waals surface area contributed by atoms with E-state index in [0.717, 1.165) is 6.54 Å². The second-order valence-corrected chi connectivity index (χ2v) is 6.32. The van der Waals surface area contributed by atoms with Gasteiger partial charge in [0.05, 0.1) is 0 Å². The van der Waals surface area contributed by atoms with Crippen molar-refractivity contribution in [1.29, 1.82) is 0 Å². The first-order valence-electron chi connectivity index (χ1n) is 7.33. The molecule has 2 rings (SSSR count). The van der Waals surface area contributed by atoms with Crippen LogP contribution in [0.2, 0.25) is 0 Å². The molecule has 0 amide bonds. The molecule has 1 fully saturated rings. The lowest BCUT2D eigenvalue weighted by molar-refractivity contribution is 0.197. The highest BCUT2D eigenvalue weighted by molar-refractivity contribution is 5.38. The van der Waals surface area contributed by atoms with Gasteiger partial charge < -0.3 is 5.73 Å². The van der Waals surface area contributed by atoms with Crippen LogP contribution in [0.5, 0.6) is 0 Å². The third-order valence-electron chi connectivity index (χ3n) is 4.74. The Morgan fingerprint density at radius 2 is 1.56 bits per heavy atom. The normalized spacial score (nSPS) is 18.9. The van der Waals surface area contributed by atoms with Crippen molar-refractivity contribution in [1.82, 2.24) is 0 Å². The van der Waals surface area contributed by atoms with Crippen LogP contribution in [0.1, 0.15) is 54.4 Å². The average Bonchev–Trinajstić information content (AvgIpc) is 2.35. The Hall–Kier alpha value is -0.820. The molecular formula is C17H27N. The van der Waals surface area contributed by atoms with Crippen LogP contribution in [-0.4, -0.2) is 6.54 Å². The van der Waals surface area contributed by atoms with E-state index in [1.807, 2.05) is 0 Å². The summed E-state index contributed by atoms with van der Waals surface area (Å²) in [7, 11) is 0. The van der Waals surface area contributed by atoms with Gasteiger partial charge in [0.1, 0.15) is 0 Å². The van der Waals surface area contributed by atoms with Crippen LogP contribution in [0.4, 0.5) is 0 Å². The first kappa shape index (κ1) is 13.6. The number of benzene rings is 1. The van der Waals surface area contributed by atoms with Crippen LogP contribution in [0, 0.1) is 26.2 Å². The highest BCUT2D eigenvalue weighted by Crippen LogP contribution is 2.39. The summed E-state index contributed by atoms with van der Waals surface area (Å²) >= 11 is 0. The summed E-state index contributed by atoms with van der Waals surface area (Å²) in [6.07, 6.45) is 7.93. The van der Waals surface area contributed by atoms with Gasteiger partial charge in [-0.1, -0.05) is 37.0 Å². The maximum Gasteiger partial charge on any atom is -0.00173 e. The highest BCUT2D eigenvalue weighted by atomic mass is 14.6. The van der Waals surface area contributed by atoms with Crippen molar-refractivity contribution >= 4 is 0 Å². The largest absolute Gasteiger partial charge is 0.330 e. The van der Waals surface area contributed by atoms with Gasteiger partial charge in [0.2, 0.25) is 0 Å². The minimum Gasteiger partial charge on any atom is -0.330 e. The van der Waals surface area contributed by atoms with E-state index in [2.05, 4.69) is 32.9 Å². The van der Waals surface area contributed by atoms with E-state index < -0.39 is 0 Å². The van der Waals surface area contributed by atoms with Crippen LogP contribution in [0.15, 0.2) is 12.1 Å². The summed E-state index contributed by atoms with van der Waals surface area (Å²) in [6.45, 7) is 7.54. The minimum absolute atomic E-state index is 0.378. The van der Waals surface area contributed by atoms with E-state index in [4.69, 9.17) is 5.73 Å². The molecular weight excluding hydrogens is 218 g/mol. The highest BCUT2D eigenvalue weighted by Gasteiger charge is 2.31. The molecule has 1 nitrogen and oxygen atoms in total. The van der Waals surface area contributed by atoms with Gasteiger partial charge in [-0.3, -0.25) is 0 Å². The van der Waals surface area contributed by atoms with Crippen molar-refractivity contribution in [3.63, 3.8) is 0 Å². The molecule has 1 saturated carbocycles. The molecule has 1 aliphatic rings. The third-order valence-corrected chi connectivity index (χ3v) is 4.74. The Bertz CT molecular complexity index is 391. The molecule has 0 aromatic heterocycles.